The lowest BCUT2D eigenvalue weighted by molar-refractivity contribution is -0.122. The van der Waals surface area contributed by atoms with Crippen LogP contribution >= 0.6 is 0 Å². The Morgan fingerprint density at radius 1 is 1.11 bits per heavy atom. The second-order valence-corrected chi connectivity index (χ2v) is 7.46. The lowest BCUT2D eigenvalue weighted by Crippen LogP contribution is -2.28. The largest absolute Gasteiger partial charge is 0.486 e. The molecule has 0 aromatic heterocycles. The molecule has 1 fully saturated rings. The Bertz CT molecular complexity index is 909. The number of rotatable bonds is 4. The Balaban J connectivity index is 1.48. The van der Waals surface area contributed by atoms with Crippen molar-refractivity contribution in [2.45, 2.75) is 26.2 Å². The summed E-state index contributed by atoms with van der Waals surface area (Å²) >= 11 is 0. The van der Waals surface area contributed by atoms with Crippen molar-refractivity contribution in [2.24, 2.45) is 5.92 Å². The third-order valence-corrected chi connectivity index (χ3v) is 5.17. The third kappa shape index (κ3) is 3.54. The molecule has 2 heterocycles. The van der Waals surface area contributed by atoms with Crippen LogP contribution in [0.2, 0.25) is 0 Å². The van der Waals surface area contributed by atoms with E-state index in [0.29, 0.717) is 37.2 Å². The molecule has 146 valence electrons. The van der Waals surface area contributed by atoms with E-state index in [4.69, 9.17) is 9.47 Å². The predicted molar refractivity (Wildman–Crippen MR) is 107 cm³/mol. The fraction of sp³-hybridized carbons (Fsp3) is 0.364. The van der Waals surface area contributed by atoms with Crippen molar-refractivity contribution < 1.29 is 19.1 Å². The first-order valence-corrected chi connectivity index (χ1v) is 9.62. The van der Waals surface area contributed by atoms with E-state index >= 15 is 0 Å². The molecule has 2 aliphatic heterocycles. The van der Waals surface area contributed by atoms with Crippen LogP contribution in [0.3, 0.4) is 0 Å². The fourth-order valence-electron chi connectivity index (χ4n) is 3.68. The molecule has 0 saturated carbocycles. The minimum Gasteiger partial charge on any atom is -0.486 e. The van der Waals surface area contributed by atoms with E-state index < -0.39 is 0 Å². The number of hydrogen-bond acceptors (Lipinski definition) is 4. The van der Waals surface area contributed by atoms with Gasteiger partial charge in [0.1, 0.15) is 13.2 Å². The van der Waals surface area contributed by atoms with Crippen molar-refractivity contribution in [3.63, 3.8) is 0 Å². The summed E-state index contributed by atoms with van der Waals surface area (Å²) in [5.74, 6) is 1.05. The zero-order valence-corrected chi connectivity index (χ0v) is 16.1. The Labute approximate surface area is 164 Å². The smallest absolute Gasteiger partial charge is 0.229 e. The predicted octanol–water partition coefficient (Wildman–Crippen LogP) is 3.57. The molecule has 2 aromatic carbocycles. The summed E-state index contributed by atoms with van der Waals surface area (Å²) in [4.78, 5) is 27.0. The van der Waals surface area contributed by atoms with Crippen molar-refractivity contribution in [3.05, 3.63) is 48.0 Å². The Kier molecular flexibility index (Phi) is 4.94. The summed E-state index contributed by atoms with van der Waals surface area (Å²) in [6.45, 7) is 5.55. The quantitative estimate of drug-likeness (QED) is 0.880. The van der Waals surface area contributed by atoms with Gasteiger partial charge in [-0.25, -0.2) is 0 Å². The van der Waals surface area contributed by atoms with Crippen molar-refractivity contribution >= 4 is 23.2 Å². The van der Waals surface area contributed by atoms with E-state index in [0.717, 1.165) is 16.9 Å². The number of para-hydroxylation sites is 1. The van der Waals surface area contributed by atoms with E-state index in [-0.39, 0.29) is 24.2 Å². The zero-order valence-electron chi connectivity index (χ0n) is 16.1. The number of nitrogens with one attached hydrogen (secondary N) is 1. The van der Waals surface area contributed by atoms with Gasteiger partial charge in [0.2, 0.25) is 11.8 Å². The minimum absolute atomic E-state index is 0.0611. The van der Waals surface area contributed by atoms with E-state index in [1.54, 1.807) is 11.0 Å². The fourth-order valence-corrected chi connectivity index (χ4v) is 3.68. The molecule has 0 radical (unpaired) electrons. The lowest BCUT2D eigenvalue weighted by Gasteiger charge is -2.22. The second kappa shape index (κ2) is 7.54. The van der Waals surface area contributed by atoms with Crippen LogP contribution in [0.1, 0.15) is 31.7 Å². The molecule has 0 aliphatic carbocycles. The monoisotopic (exact) mass is 380 g/mol. The first kappa shape index (κ1) is 18.3. The molecule has 2 amide bonds. The van der Waals surface area contributed by atoms with Crippen LogP contribution in [0.5, 0.6) is 11.5 Å². The van der Waals surface area contributed by atoms with Crippen molar-refractivity contribution in [2.75, 3.05) is 30.0 Å². The lowest BCUT2D eigenvalue weighted by atomic mass is 10.0. The van der Waals surface area contributed by atoms with E-state index in [1.807, 2.05) is 36.4 Å². The highest BCUT2D eigenvalue weighted by Crippen LogP contribution is 2.36. The van der Waals surface area contributed by atoms with Crippen LogP contribution in [-0.4, -0.2) is 31.6 Å². The highest BCUT2D eigenvalue weighted by molar-refractivity contribution is 6.03. The number of hydrogen-bond donors (Lipinski definition) is 1. The van der Waals surface area contributed by atoms with Gasteiger partial charge in [-0.3, -0.25) is 9.59 Å². The standard InChI is InChI=1S/C22H24N2O4/c1-14(2)17-5-3-4-6-18(17)23-22(26)15-11-21(25)24(13-15)16-7-8-19-20(12-16)28-10-9-27-19/h3-8,12,14-15H,9-11,13H2,1-2H3,(H,23,26)/t15-/m0/s1. The molecule has 0 bridgehead atoms. The van der Waals surface area contributed by atoms with Crippen LogP contribution < -0.4 is 19.7 Å². The molecule has 1 saturated heterocycles. The summed E-state index contributed by atoms with van der Waals surface area (Å²) in [6.07, 6.45) is 0.199. The van der Waals surface area contributed by atoms with Gasteiger partial charge in [0.05, 0.1) is 5.92 Å². The highest BCUT2D eigenvalue weighted by Gasteiger charge is 2.35. The summed E-state index contributed by atoms with van der Waals surface area (Å²) in [6, 6.07) is 13.2. The number of carbonyl (C=O) groups excluding carboxylic acids is 2. The average molecular weight is 380 g/mol. The van der Waals surface area contributed by atoms with Gasteiger partial charge in [-0.15, -0.1) is 0 Å². The minimum atomic E-state index is -0.388. The maximum atomic E-state index is 12.8. The molecule has 2 aliphatic rings. The summed E-state index contributed by atoms with van der Waals surface area (Å²) in [5, 5.41) is 3.01. The van der Waals surface area contributed by atoms with Gasteiger partial charge in [-0.2, -0.15) is 0 Å². The van der Waals surface area contributed by atoms with Gasteiger partial charge in [0.25, 0.3) is 0 Å². The topological polar surface area (TPSA) is 67.9 Å². The molecule has 6 nitrogen and oxygen atoms in total. The zero-order chi connectivity index (χ0) is 19.7. The van der Waals surface area contributed by atoms with Gasteiger partial charge < -0.3 is 19.7 Å². The number of amides is 2. The van der Waals surface area contributed by atoms with Gasteiger partial charge in [-0.05, 0) is 29.7 Å². The van der Waals surface area contributed by atoms with E-state index in [2.05, 4.69) is 19.2 Å². The Hall–Kier alpha value is -3.02. The normalized spacial score (nSPS) is 18.5. The molecule has 28 heavy (non-hydrogen) atoms. The highest BCUT2D eigenvalue weighted by atomic mass is 16.6. The van der Waals surface area contributed by atoms with E-state index in [9.17, 15) is 9.59 Å². The van der Waals surface area contributed by atoms with Crippen molar-refractivity contribution in [1.82, 2.24) is 0 Å². The molecule has 0 unspecified atom stereocenters. The Morgan fingerprint density at radius 3 is 2.64 bits per heavy atom. The number of anilines is 2. The first-order valence-electron chi connectivity index (χ1n) is 9.62. The molecular formula is C22H24N2O4. The van der Waals surface area contributed by atoms with Crippen LogP contribution in [0.25, 0.3) is 0 Å². The number of benzene rings is 2. The average Bonchev–Trinajstić information content (AvgIpc) is 3.09. The third-order valence-electron chi connectivity index (χ3n) is 5.17. The molecule has 1 N–H and O–H groups in total. The number of ether oxygens (including phenoxy) is 2. The Morgan fingerprint density at radius 2 is 1.86 bits per heavy atom. The molecule has 6 heteroatoms. The summed E-state index contributed by atoms with van der Waals surface area (Å²) in [5.41, 5.74) is 2.63. The molecule has 0 spiro atoms. The SMILES string of the molecule is CC(C)c1ccccc1NC(=O)[C@H]1CC(=O)N(c2ccc3c(c2)OCCO3)C1. The summed E-state index contributed by atoms with van der Waals surface area (Å²) < 4.78 is 11.1. The van der Waals surface area contributed by atoms with Crippen molar-refractivity contribution in [3.8, 4) is 11.5 Å². The molecule has 1 atom stereocenters. The van der Waals surface area contributed by atoms with Crippen LogP contribution in [-0.2, 0) is 9.59 Å². The maximum Gasteiger partial charge on any atom is 0.229 e. The van der Waals surface area contributed by atoms with Crippen molar-refractivity contribution in [1.29, 1.82) is 0 Å². The van der Waals surface area contributed by atoms with Gasteiger partial charge in [-0.1, -0.05) is 32.0 Å². The molecule has 2 aromatic rings. The van der Waals surface area contributed by atoms with Crippen LogP contribution in [0.15, 0.2) is 42.5 Å². The maximum absolute atomic E-state index is 12.8. The number of fused-ring (bicyclic) bond motifs is 1. The van der Waals surface area contributed by atoms with Crippen LogP contribution in [0.4, 0.5) is 11.4 Å². The summed E-state index contributed by atoms with van der Waals surface area (Å²) in [7, 11) is 0. The molecular weight excluding hydrogens is 356 g/mol. The first-order chi connectivity index (χ1) is 13.5. The molecule has 4 rings (SSSR count). The van der Waals surface area contributed by atoms with Gasteiger partial charge in [0.15, 0.2) is 11.5 Å². The van der Waals surface area contributed by atoms with Gasteiger partial charge >= 0.3 is 0 Å². The number of nitrogens with zero attached hydrogens (tertiary/aromatic N) is 1. The van der Waals surface area contributed by atoms with Gasteiger partial charge in [0, 0.05) is 30.4 Å². The van der Waals surface area contributed by atoms with E-state index in [1.165, 1.54) is 0 Å². The number of carbonyl (C=O) groups is 2. The van der Waals surface area contributed by atoms with Crippen LogP contribution in [0, 0.1) is 5.92 Å². The second-order valence-electron chi connectivity index (χ2n) is 7.46.